The van der Waals surface area contributed by atoms with Gasteiger partial charge < -0.3 is 4.42 Å². The fourth-order valence-electron chi connectivity index (χ4n) is 2.34. The minimum absolute atomic E-state index is 0.0315. The number of halogens is 1. The van der Waals surface area contributed by atoms with Gasteiger partial charge in [-0.15, -0.1) is 11.3 Å². The molecule has 2 heterocycles. The molecule has 4 rings (SSSR count). The molecular formula is C16H10ClN3O4S2. The first-order valence-corrected chi connectivity index (χ1v) is 10.0. The van der Waals surface area contributed by atoms with E-state index in [1.807, 2.05) is 0 Å². The molecule has 0 aliphatic carbocycles. The monoisotopic (exact) mass is 407 g/mol. The average Bonchev–Trinajstić information content (AvgIpc) is 3.19. The number of anilines is 1. The lowest BCUT2D eigenvalue weighted by molar-refractivity contribution is 0.554. The first-order valence-electron chi connectivity index (χ1n) is 7.28. The van der Waals surface area contributed by atoms with Crippen LogP contribution in [-0.2, 0) is 10.0 Å². The minimum atomic E-state index is -3.87. The number of oxazole rings is 1. The standard InChI is InChI=1S/C16H10ClN3O4S2/c17-10-3-1-9(2-4-10)13-8-25-15(18-13)20-26(22,23)11-5-6-12-14(7-11)24-16(21)19-12/h1-8H,(H,18,20)(H,19,21). The fourth-order valence-corrected chi connectivity index (χ4v) is 4.45. The van der Waals surface area contributed by atoms with Crippen molar-refractivity contribution in [2.45, 2.75) is 4.90 Å². The third kappa shape index (κ3) is 3.24. The molecule has 0 unspecified atom stereocenters. The Labute approximate surface area is 156 Å². The molecule has 0 aliphatic rings. The highest BCUT2D eigenvalue weighted by Gasteiger charge is 2.18. The summed E-state index contributed by atoms with van der Waals surface area (Å²) in [6.07, 6.45) is 0. The van der Waals surface area contributed by atoms with Crippen LogP contribution < -0.4 is 10.5 Å². The number of nitrogens with zero attached hydrogens (tertiary/aromatic N) is 1. The molecule has 0 bridgehead atoms. The van der Waals surface area contributed by atoms with E-state index in [9.17, 15) is 13.2 Å². The highest BCUT2D eigenvalue weighted by atomic mass is 35.5. The van der Waals surface area contributed by atoms with Crippen LogP contribution in [0.15, 0.2) is 62.0 Å². The van der Waals surface area contributed by atoms with Gasteiger partial charge in [0.15, 0.2) is 10.7 Å². The Balaban J connectivity index is 1.62. The Bertz CT molecular complexity index is 1260. The Kier molecular flexibility index (Phi) is 4.06. The fraction of sp³-hybridized carbons (Fsp3) is 0. The number of thiazole rings is 1. The Morgan fingerprint density at radius 1 is 1.15 bits per heavy atom. The first kappa shape index (κ1) is 16.8. The second-order valence-corrected chi connectivity index (χ2v) is 8.30. The maximum absolute atomic E-state index is 12.6. The minimum Gasteiger partial charge on any atom is -0.408 e. The molecule has 10 heteroatoms. The van der Waals surface area contributed by atoms with Crippen molar-refractivity contribution >= 4 is 49.2 Å². The van der Waals surface area contributed by atoms with Gasteiger partial charge in [-0.05, 0) is 24.3 Å². The number of sulfonamides is 1. The summed E-state index contributed by atoms with van der Waals surface area (Å²) in [6.45, 7) is 0. The summed E-state index contributed by atoms with van der Waals surface area (Å²) in [5, 5.41) is 2.58. The summed E-state index contributed by atoms with van der Waals surface area (Å²) >= 11 is 7.03. The summed E-state index contributed by atoms with van der Waals surface area (Å²) in [5.41, 5.74) is 2.05. The first-order chi connectivity index (χ1) is 12.4. The lowest BCUT2D eigenvalue weighted by Crippen LogP contribution is -2.12. The Morgan fingerprint density at radius 2 is 1.92 bits per heavy atom. The molecule has 0 radical (unpaired) electrons. The van der Waals surface area contributed by atoms with Gasteiger partial charge in [-0.1, -0.05) is 23.7 Å². The van der Waals surface area contributed by atoms with Crippen LogP contribution in [0.5, 0.6) is 0 Å². The van der Waals surface area contributed by atoms with Crippen molar-refractivity contribution in [3.63, 3.8) is 0 Å². The largest absolute Gasteiger partial charge is 0.417 e. The van der Waals surface area contributed by atoms with Gasteiger partial charge in [0.05, 0.1) is 16.1 Å². The lowest BCUT2D eigenvalue weighted by Gasteiger charge is -2.04. The number of aromatic amines is 1. The van der Waals surface area contributed by atoms with Crippen LogP contribution in [0.4, 0.5) is 5.13 Å². The van der Waals surface area contributed by atoms with Gasteiger partial charge in [0.2, 0.25) is 0 Å². The van der Waals surface area contributed by atoms with Crippen molar-refractivity contribution in [1.29, 1.82) is 0 Å². The zero-order chi connectivity index (χ0) is 18.3. The zero-order valence-electron chi connectivity index (χ0n) is 12.9. The van der Waals surface area contributed by atoms with Crippen molar-refractivity contribution in [1.82, 2.24) is 9.97 Å². The smallest absolute Gasteiger partial charge is 0.408 e. The van der Waals surface area contributed by atoms with Crippen LogP contribution in [0, 0.1) is 0 Å². The molecule has 132 valence electrons. The van der Waals surface area contributed by atoms with Crippen molar-refractivity contribution in [2.24, 2.45) is 0 Å². The van der Waals surface area contributed by atoms with E-state index in [0.29, 0.717) is 16.2 Å². The van der Waals surface area contributed by atoms with Gasteiger partial charge >= 0.3 is 5.76 Å². The molecule has 0 aliphatic heterocycles. The number of hydrogen-bond acceptors (Lipinski definition) is 6. The van der Waals surface area contributed by atoms with Gasteiger partial charge in [0.25, 0.3) is 10.0 Å². The van der Waals surface area contributed by atoms with Crippen molar-refractivity contribution in [3.05, 3.63) is 63.4 Å². The number of fused-ring (bicyclic) bond motifs is 1. The summed E-state index contributed by atoms with van der Waals surface area (Å²) in [5.74, 6) is -0.643. The molecule has 0 amide bonds. The third-order valence-electron chi connectivity index (χ3n) is 3.57. The van der Waals surface area contributed by atoms with E-state index in [-0.39, 0.29) is 15.6 Å². The topological polar surface area (TPSA) is 105 Å². The summed E-state index contributed by atoms with van der Waals surface area (Å²) in [4.78, 5) is 17.9. The molecule has 2 aromatic carbocycles. The molecule has 0 saturated heterocycles. The van der Waals surface area contributed by atoms with E-state index in [1.54, 1.807) is 29.6 Å². The normalized spacial score (nSPS) is 11.7. The van der Waals surface area contributed by atoms with Gasteiger partial charge in [-0.2, -0.15) is 0 Å². The van der Waals surface area contributed by atoms with Gasteiger partial charge in [0.1, 0.15) is 0 Å². The maximum atomic E-state index is 12.6. The molecule has 0 atom stereocenters. The predicted octanol–water partition coefficient (Wildman–Crippen LogP) is 3.70. The second kappa shape index (κ2) is 6.27. The molecular weight excluding hydrogens is 398 g/mol. The highest BCUT2D eigenvalue weighted by molar-refractivity contribution is 7.93. The van der Waals surface area contributed by atoms with Crippen LogP contribution in [0.2, 0.25) is 5.02 Å². The molecule has 0 spiro atoms. The van der Waals surface area contributed by atoms with Gasteiger partial charge in [-0.25, -0.2) is 18.2 Å². The molecule has 0 fully saturated rings. The number of H-pyrrole nitrogens is 1. The van der Waals surface area contributed by atoms with Crippen LogP contribution in [0.3, 0.4) is 0 Å². The average molecular weight is 408 g/mol. The van der Waals surface area contributed by atoms with E-state index in [0.717, 1.165) is 16.9 Å². The number of benzene rings is 2. The number of aromatic nitrogens is 2. The van der Waals surface area contributed by atoms with Crippen molar-refractivity contribution in [3.8, 4) is 11.3 Å². The van der Waals surface area contributed by atoms with Crippen LogP contribution in [0.25, 0.3) is 22.4 Å². The maximum Gasteiger partial charge on any atom is 0.417 e. The van der Waals surface area contributed by atoms with Gasteiger partial charge in [0, 0.05) is 22.0 Å². The summed E-state index contributed by atoms with van der Waals surface area (Å²) in [6, 6.07) is 11.2. The molecule has 2 N–H and O–H groups in total. The van der Waals surface area contributed by atoms with Crippen LogP contribution in [0.1, 0.15) is 0 Å². The van der Waals surface area contributed by atoms with Gasteiger partial charge in [-0.3, -0.25) is 9.71 Å². The van der Waals surface area contributed by atoms with Crippen molar-refractivity contribution in [2.75, 3.05) is 4.72 Å². The van der Waals surface area contributed by atoms with Crippen LogP contribution in [-0.4, -0.2) is 18.4 Å². The summed E-state index contributed by atoms with van der Waals surface area (Å²) in [7, 11) is -3.87. The molecule has 4 aromatic rings. The number of nitrogens with one attached hydrogen (secondary N) is 2. The number of rotatable bonds is 4. The predicted molar refractivity (Wildman–Crippen MR) is 100 cm³/mol. The Hall–Kier alpha value is -2.62. The highest BCUT2D eigenvalue weighted by Crippen LogP contribution is 2.28. The van der Waals surface area contributed by atoms with Crippen molar-refractivity contribution < 1.29 is 12.8 Å². The quantitative estimate of drug-likeness (QED) is 0.536. The van der Waals surface area contributed by atoms with E-state index >= 15 is 0 Å². The molecule has 7 nitrogen and oxygen atoms in total. The summed E-state index contributed by atoms with van der Waals surface area (Å²) < 4.78 is 32.4. The zero-order valence-corrected chi connectivity index (χ0v) is 15.3. The van der Waals surface area contributed by atoms with E-state index in [1.165, 1.54) is 18.2 Å². The SMILES string of the molecule is O=c1[nH]c2ccc(S(=O)(=O)Nc3nc(-c4ccc(Cl)cc4)cs3)cc2o1. The van der Waals surface area contributed by atoms with E-state index in [4.69, 9.17) is 16.0 Å². The molecule has 2 aromatic heterocycles. The lowest BCUT2D eigenvalue weighted by atomic mass is 10.2. The second-order valence-electron chi connectivity index (χ2n) is 5.32. The third-order valence-corrected chi connectivity index (χ3v) is 6.04. The molecule has 26 heavy (non-hydrogen) atoms. The van der Waals surface area contributed by atoms with E-state index < -0.39 is 15.8 Å². The number of hydrogen-bond donors (Lipinski definition) is 2. The molecule has 0 saturated carbocycles. The van der Waals surface area contributed by atoms with E-state index in [2.05, 4.69) is 14.7 Å². The van der Waals surface area contributed by atoms with Crippen LogP contribution >= 0.6 is 22.9 Å². The Morgan fingerprint density at radius 3 is 2.69 bits per heavy atom.